The second-order valence-electron chi connectivity index (χ2n) is 8.34. The molecule has 0 amide bonds. The van der Waals surface area contributed by atoms with Crippen LogP contribution in [0.3, 0.4) is 0 Å². The summed E-state index contributed by atoms with van der Waals surface area (Å²) in [6.45, 7) is 10.2. The molecular weight excluding hydrogens is 404 g/mol. The fourth-order valence-electron chi connectivity index (χ4n) is 3.64. The zero-order valence-electron chi connectivity index (χ0n) is 18.7. The molecule has 1 aliphatic rings. The number of anilines is 2. The van der Waals surface area contributed by atoms with E-state index in [0.29, 0.717) is 23.6 Å². The van der Waals surface area contributed by atoms with Crippen molar-refractivity contribution in [1.29, 1.82) is 0 Å². The zero-order valence-corrected chi connectivity index (χ0v) is 18.7. The lowest BCUT2D eigenvalue weighted by atomic mass is 9.87. The topological polar surface area (TPSA) is 80.1 Å². The maximum Gasteiger partial charge on any atom is 0.325 e. The standard InChI is InChI=1S/C25H26N4O3/c1-16-20(12-13-26-4)23(30)28-24(27-16)32-19-9-6-17(7-10-19)29(5)18-8-11-21-22(14-18)31-15-25(21,2)3/h6-14H,4,15H2,1-3,5H3,(H,27,28,30)/b13-12-. The first-order chi connectivity index (χ1) is 15.3. The predicted octanol–water partition coefficient (Wildman–Crippen LogP) is 5.39. The van der Waals surface area contributed by atoms with Gasteiger partial charge < -0.3 is 19.5 Å². The lowest BCUT2D eigenvalue weighted by Gasteiger charge is -2.21. The van der Waals surface area contributed by atoms with Gasteiger partial charge in [0.25, 0.3) is 0 Å². The Morgan fingerprint density at radius 3 is 2.56 bits per heavy atom. The van der Waals surface area contributed by atoms with Gasteiger partial charge in [-0.2, -0.15) is 9.97 Å². The highest BCUT2D eigenvalue weighted by Crippen LogP contribution is 2.41. The van der Waals surface area contributed by atoms with Crippen LogP contribution >= 0.6 is 0 Å². The largest absolute Gasteiger partial charge is 0.493 e. The normalized spacial score (nSPS) is 14.1. The highest BCUT2D eigenvalue weighted by molar-refractivity contribution is 5.66. The summed E-state index contributed by atoms with van der Waals surface area (Å²) in [6.07, 6.45) is 3.06. The van der Waals surface area contributed by atoms with Crippen LogP contribution < -0.4 is 14.4 Å². The lowest BCUT2D eigenvalue weighted by Crippen LogP contribution is -2.18. The van der Waals surface area contributed by atoms with Gasteiger partial charge in [-0.05, 0) is 50.0 Å². The van der Waals surface area contributed by atoms with E-state index < -0.39 is 0 Å². The molecular formula is C25H26N4O3. The quantitative estimate of drug-likeness (QED) is 0.528. The highest BCUT2D eigenvalue weighted by Gasteiger charge is 2.31. The van der Waals surface area contributed by atoms with Gasteiger partial charge in [0.2, 0.25) is 5.88 Å². The van der Waals surface area contributed by atoms with E-state index in [2.05, 4.69) is 58.6 Å². The number of nitrogens with zero attached hydrogens (tertiary/aromatic N) is 4. The minimum atomic E-state index is -0.175. The van der Waals surface area contributed by atoms with Crippen LogP contribution in [0.4, 0.5) is 11.4 Å². The number of benzene rings is 2. The number of aromatic nitrogens is 2. The Morgan fingerprint density at radius 2 is 1.88 bits per heavy atom. The number of ether oxygens (including phenoxy) is 2. The third-order valence-electron chi connectivity index (χ3n) is 5.55. The van der Waals surface area contributed by atoms with Gasteiger partial charge in [0.15, 0.2) is 0 Å². The molecule has 0 radical (unpaired) electrons. The Balaban J connectivity index is 1.50. The third-order valence-corrected chi connectivity index (χ3v) is 5.55. The lowest BCUT2D eigenvalue weighted by molar-refractivity contribution is 0.291. The van der Waals surface area contributed by atoms with Crippen molar-refractivity contribution in [3.05, 3.63) is 65.5 Å². The van der Waals surface area contributed by atoms with Gasteiger partial charge in [0, 0.05) is 41.7 Å². The molecule has 4 rings (SSSR count). The minimum absolute atomic E-state index is 0.0390. The number of rotatable bonds is 6. The fraction of sp³-hybridized carbons (Fsp3) is 0.240. The van der Waals surface area contributed by atoms with Crippen molar-refractivity contribution in [3.8, 4) is 23.4 Å². The Labute approximate surface area is 187 Å². The number of aromatic hydroxyl groups is 1. The van der Waals surface area contributed by atoms with Crippen LogP contribution in [0.15, 0.2) is 53.7 Å². The number of aryl methyl sites for hydroxylation is 1. The highest BCUT2D eigenvalue weighted by atomic mass is 16.5. The molecule has 3 aromatic rings. The Morgan fingerprint density at radius 1 is 1.16 bits per heavy atom. The van der Waals surface area contributed by atoms with Crippen LogP contribution in [0.5, 0.6) is 23.4 Å². The van der Waals surface area contributed by atoms with E-state index in [4.69, 9.17) is 9.47 Å². The molecule has 2 heterocycles. The summed E-state index contributed by atoms with van der Waals surface area (Å²) >= 11 is 0. The summed E-state index contributed by atoms with van der Waals surface area (Å²) in [5.41, 5.74) is 4.36. The van der Waals surface area contributed by atoms with Gasteiger partial charge in [-0.15, -0.1) is 0 Å². The Kier molecular flexibility index (Phi) is 5.57. The van der Waals surface area contributed by atoms with Crippen molar-refractivity contribution >= 4 is 24.2 Å². The molecule has 1 aliphatic heterocycles. The number of hydrogen-bond donors (Lipinski definition) is 1. The fourth-order valence-corrected chi connectivity index (χ4v) is 3.64. The van der Waals surface area contributed by atoms with Gasteiger partial charge in [0.05, 0.1) is 17.9 Å². The van der Waals surface area contributed by atoms with Crippen LogP contribution in [0.1, 0.15) is 30.7 Å². The van der Waals surface area contributed by atoms with Crippen molar-refractivity contribution in [3.63, 3.8) is 0 Å². The molecule has 0 aliphatic carbocycles. The second kappa shape index (κ2) is 8.34. The first kappa shape index (κ1) is 21.4. The monoisotopic (exact) mass is 430 g/mol. The molecule has 0 fully saturated rings. The smallest absolute Gasteiger partial charge is 0.325 e. The van der Waals surface area contributed by atoms with Crippen LogP contribution in [0, 0.1) is 6.92 Å². The maximum absolute atomic E-state index is 10.2. The molecule has 0 atom stereocenters. The maximum atomic E-state index is 10.2. The van der Waals surface area contributed by atoms with Gasteiger partial charge >= 0.3 is 6.01 Å². The predicted molar refractivity (Wildman–Crippen MR) is 127 cm³/mol. The summed E-state index contributed by atoms with van der Waals surface area (Å²) in [7, 11) is 2.01. The SMILES string of the molecule is C=N/C=C\c1c(C)nc(Oc2ccc(N(C)c3ccc4c(c3)OCC4(C)C)cc2)nc1O. The first-order valence-corrected chi connectivity index (χ1v) is 10.3. The van der Waals surface area contributed by atoms with Crippen LogP contribution in [0.2, 0.25) is 0 Å². The van der Waals surface area contributed by atoms with Crippen LogP contribution in [-0.2, 0) is 5.41 Å². The molecule has 32 heavy (non-hydrogen) atoms. The van der Waals surface area contributed by atoms with Crippen molar-refractivity contribution in [1.82, 2.24) is 9.97 Å². The number of hydrogen-bond acceptors (Lipinski definition) is 7. The van der Waals surface area contributed by atoms with E-state index >= 15 is 0 Å². The van der Waals surface area contributed by atoms with E-state index in [1.165, 1.54) is 11.8 Å². The Bertz CT molecular complexity index is 1160. The van der Waals surface area contributed by atoms with E-state index in [-0.39, 0.29) is 17.3 Å². The summed E-state index contributed by atoms with van der Waals surface area (Å²) in [4.78, 5) is 14.0. The number of fused-ring (bicyclic) bond motifs is 1. The average molecular weight is 431 g/mol. The molecule has 0 spiro atoms. The van der Waals surface area contributed by atoms with E-state index in [9.17, 15) is 5.11 Å². The molecule has 2 aromatic carbocycles. The van der Waals surface area contributed by atoms with E-state index in [1.807, 2.05) is 31.3 Å². The van der Waals surface area contributed by atoms with Crippen LogP contribution in [-0.4, -0.2) is 35.4 Å². The molecule has 7 nitrogen and oxygen atoms in total. The molecule has 164 valence electrons. The van der Waals surface area contributed by atoms with E-state index in [0.717, 1.165) is 17.1 Å². The molecule has 0 unspecified atom stereocenters. The molecule has 0 bridgehead atoms. The van der Waals surface area contributed by atoms with Crippen molar-refractivity contribution < 1.29 is 14.6 Å². The second-order valence-corrected chi connectivity index (χ2v) is 8.34. The Hall–Kier alpha value is -3.87. The molecule has 1 aromatic heterocycles. The van der Waals surface area contributed by atoms with E-state index in [1.54, 1.807) is 13.0 Å². The van der Waals surface area contributed by atoms with Gasteiger partial charge in [-0.25, -0.2) is 0 Å². The first-order valence-electron chi connectivity index (χ1n) is 10.3. The zero-order chi connectivity index (χ0) is 22.9. The van der Waals surface area contributed by atoms with Gasteiger partial charge in [-0.3, -0.25) is 4.99 Å². The third kappa shape index (κ3) is 4.14. The summed E-state index contributed by atoms with van der Waals surface area (Å²) < 4.78 is 11.6. The van der Waals surface area contributed by atoms with Crippen molar-refractivity contribution in [2.75, 3.05) is 18.6 Å². The molecule has 0 saturated heterocycles. The van der Waals surface area contributed by atoms with Gasteiger partial charge in [-0.1, -0.05) is 19.9 Å². The van der Waals surface area contributed by atoms with Crippen molar-refractivity contribution in [2.24, 2.45) is 4.99 Å². The summed E-state index contributed by atoms with van der Waals surface area (Å²) in [5, 5.41) is 10.2. The molecule has 7 heteroatoms. The van der Waals surface area contributed by atoms with Crippen LogP contribution in [0.25, 0.3) is 6.08 Å². The summed E-state index contributed by atoms with van der Waals surface area (Å²) in [5.74, 6) is 1.33. The number of aliphatic imine (C=N–C) groups is 1. The molecule has 1 N–H and O–H groups in total. The van der Waals surface area contributed by atoms with Crippen molar-refractivity contribution in [2.45, 2.75) is 26.2 Å². The average Bonchev–Trinajstić information content (AvgIpc) is 3.07. The minimum Gasteiger partial charge on any atom is -0.493 e. The molecule has 0 saturated carbocycles. The van der Waals surface area contributed by atoms with Gasteiger partial charge in [0.1, 0.15) is 11.5 Å². The summed E-state index contributed by atoms with van der Waals surface area (Å²) in [6, 6.07) is 14.0.